The van der Waals surface area contributed by atoms with Crippen LogP contribution in [0.1, 0.15) is 33.3 Å². The van der Waals surface area contributed by atoms with Crippen LogP contribution in [-0.2, 0) is 4.79 Å². The van der Waals surface area contributed by atoms with E-state index < -0.39 is 23.5 Å². The molecule has 6 nitrogen and oxygen atoms in total. The fourth-order valence-corrected chi connectivity index (χ4v) is 4.48. The molecule has 3 aromatic carbocycles. The van der Waals surface area contributed by atoms with Crippen LogP contribution in [0.15, 0.2) is 82.5 Å². The zero-order valence-electron chi connectivity index (χ0n) is 18.4. The molecule has 1 amide bonds. The number of carbonyl (C=O) groups is 2. The maximum atomic E-state index is 13.7. The fourth-order valence-electron chi connectivity index (χ4n) is 4.30. The third-order valence-electron chi connectivity index (χ3n) is 5.99. The van der Waals surface area contributed by atoms with Gasteiger partial charge in [-0.25, -0.2) is 0 Å². The molecule has 0 saturated carbocycles. The summed E-state index contributed by atoms with van der Waals surface area (Å²) in [6.45, 7) is 3.76. The van der Waals surface area contributed by atoms with E-state index in [0.717, 1.165) is 11.1 Å². The summed E-state index contributed by atoms with van der Waals surface area (Å²) in [6.07, 6.45) is 0. The second-order valence-electron chi connectivity index (χ2n) is 8.34. The standard InChI is InChI=1S/C27H20ClNO5/c1-14-3-4-15(2)20(11-14)29-24(16-5-8-19(30)9-6-16)23(26(32)27(29)33)25(31)22-13-17-12-18(28)7-10-21(17)34-22/h3-13,24,30,32H,1-2H3. The number of anilines is 1. The summed E-state index contributed by atoms with van der Waals surface area (Å²) in [7, 11) is 0. The molecule has 2 N–H and O–H groups in total. The Hall–Kier alpha value is -4.03. The van der Waals surface area contributed by atoms with Gasteiger partial charge < -0.3 is 14.6 Å². The van der Waals surface area contributed by atoms with E-state index in [2.05, 4.69) is 0 Å². The second kappa shape index (κ2) is 8.08. The first-order valence-corrected chi connectivity index (χ1v) is 11.0. The Morgan fingerprint density at radius 3 is 2.44 bits per heavy atom. The number of benzene rings is 3. The molecule has 2 heterocycles. The van der Waals surface area contributed by atoms with Crippen molar-refractivity contribution in [1.82, 2.24) is 0 Å². The van der Waals surface area contributed by atoms with Crippen molar-refractivity contribution in [3.63, 3.8) is 0 Å². The van der Waals surface area contributed by atoms with Gasteiger partial charge in [-0.2, -0.15) is 0 Å². The first-order valence-electron chi connectivity index (χ1n) is 10.6. The van der Waals surface area contributed by atoms with E-state index in [4.69, 9.17) is 16.0 Å². The molecular formula is C27H20ClNO5. The number of carbonyl (C=O) groups excluding carboxylic acids is 2. The number of hydrogen-bond acceptors (Lipinski definition) is 5. The summed E-state index contributed by atoms with van der Waals surface area (Å²) in [4.78, 5) is 28.4. The van der Waals surface area contributed by atoms with Crippen molar-refractivity contribution in [2.24, 2.45) is 0 Å². The van der Waals surface area contributed by atoms with E-state index in [1.165, 1.54) is 17.0 Å². The average Bonchev–Trinajstić information content (AvgIpc) is 3.34. The lowest BCUT2D eigenvalue weighted by Gasteiger charge is -2.28. The molecule has 1 aliphatic rings. The summed E-state index contributed by atoms with van der Waals surface area (Å²) < 4.78 is 5.74. The number of ketones is 1. The molecule has 0 bridgehead atoms. The smallest absolute Gasteiger partial charge is 0.294 e. The maximum Gasteiger partial charge on any atom is 0.294 e. The largest absolute Gasteiger partial charge is 0.508 e. The molecule has 1 unspecified atom stereocenters. The highest BCUT2D eigenvalue weighted by atomic mass is 35.5. The maximum absolute atomic E-state index is 13.7. The SMILES string of the molecule is Cc1ccc(C)c(N2C(=O)C(O)=C(C(=O)c3cc4cc(Cl)ccc4o3)C2c2ccc(O)cc2)c1. The van der Waals surface area contributed by atoms with E-state index in [9.17, 15) is 19.8 Å². The molecule has 1 aromatic heterocycles. The lowest BCUT2D eigenvalue weighted by atomic mass is 9.94. The van der Waals surface area contributed by atoms with E-state index in [1.54, 1.807) is 36.4 Å². The number of nitrogens with zero attached hydrogens (tertiary/aromatic N) is 1. The number of Topliss-reactive ketones (excluding diaryl/α,β-unsaturated/α-hetero) is 1. The van der Waals surface area contributed by atoms with Gasteiger partial charge in [0.25, 0.3) is 5.91 Å². The minimum Gasteiger partial charge on any atom is -0.508 e. The quantitative estimate of drug-likeness (QED) is 0.345. The molecule has 0 aliphatic carbocycles. The number of hydrogen-bond donors (Lipinski definition) is 2. The predicted octanol–water partition coefficient (Wildman–Crippen LogP) is 6.19. The molecule has 0 radical (unpaired) electrons. The zero-order chi connectivity index (χ0) is 24.1. The van der Waals surface area contributed by atoms with Gasteiger partial charge in [0.15, 0.2) is 11.5 Å². The number of amides is 1. The lowest BCUT2D eigenvalue weighted by molar-refractivity contribution is -0.117. The van der Waals surface area contributed by atoms with Crippen LogP contribution >= 0.6 is 11.6 Å². The molecular weight excluding hydrogens is 454 g/mol. The van der Waals surface area contributed by atoms with Crippen LogP contribution in [0.2, 0.25) is 5.02 Å². The fraction of sp³-hybridized carbons (Fsp3) is 0.111. The number of aryl methyl sites for hydroxylation is 2. The van der Waals surface area contributed by atoms with E-state index in [-0.39, 0.29) is 17.1 Å². The Kier molecular flexibility index (Phi) is 5.18. The topological polar surface area (TPSA) is 91.0 Å². The second-order valence-corrected chi connectivity index (χ2v) is 8.78. The Bertz CT molecular complexity index is 1500. The van der Waals surface area contributed by atoms with Crippen LogP contribution in [0.5, 0.6) is 5.75 Å². The molecule has 0 saturated heterocycles. The molecule has 34 heavy (non-hydrogen) atoms. The predicted molar refractivity (Wildman–Crippen MR) is 129 cm³/mol. The number of fused-ring (bicyclic) bond motifs is 1. The number of aromatic hydroxyl groups is 1. The molecule has 4 aromatic rings. The van der Waals surface area contributed by atoms with E-state index in [0.29, 0.717) is 27.2 Å². The first kappa shape index (κ1) is 21.8. The first-order chi connectivity index (χ1) is 16.2. The van der Waals surface area contributed by atoms with E-state index in [1.807, 2.05) is 32.0 Å². The Morgan fingerprint density at radius 1 is 0.971 bits per heavy atom. The van der Waals surface area contributed by atoms with Crippen LogP contribution < -0.4 is 4.90 Å². The van der Waals surface area contributed by atoms with Crippen LogP contribution in [0.4, 0.5) is 5.69 Å². The van der Waals surface area contributed by atoms with Gasteiger partial charge in [-0.1, -0.05) is 35.9 Å². The summed E-state index contributed by atoms with van der Waals surface area (Å²) in [5.41, 5.74) is 3.23. The number of aliphatic hydroxyl groups is 1. The number of aliphatic hydroxyl groups excluding tert-OH is 1. The van der Waals surface area contributed by atoms with Gasteiger partial charge in [-0.3, -0.25) is 14.5 Å². The number of halogens is 1. The molecule has 1 atom stereocenters. The highest BCUT2D eigenvalue weighted by molar-refractivity contribution is 6.31. The van der Waals surface area contributed by atoms with Gasteiger partial charge in [0.1, 0.15) is 11.3 Å². The zero-order valence-corrected chi connectivity index (χ0v) is 19.1. The minimum absolute atomic E-state index is 0.0155. The normalized spacial score (nSPS) is 16.0. The third kappa shape index (κ3) is 3.53. The van der Waals surface area contributed by atoms with Crippen LogP contribution in [0.25, 0.3) is 11.0 Å². The average molecular weight is 474 g/mol. The summed E-state index contributed by atoms with van der Waals surface area (Å²) in [6, 6.07) is 17.4. The van der Waals surface area contributed by atoms with Crippen molar-refractivity contribution in [2.75, 3.05) is 4.90 Å². The van der Waals surface area contributed by atoms with Gasteiger partial charge in [-0.05, 0) is 73.0 Å². The number of furan rings is 1. The van der Waals surface area contributed by atoms with Crippen molar-refractivity contribution in [3.8, 4) is 5.75 Å². The molecule has 5 rings (SSSR count). The van der Waals surface area contributed by atoms with Gasteiger partial charge in [-0.15, -0.1) is 0 Å². The number of rotatable bonds is 4. The highest BCUT2D eigenvalue weighted by Crippen LogP contribution is 2.43. The van der Waals surface area contributed by atoms with Crippen molar-refractivity contribution >= 4 is 39.9 Å². The van der Waals surface area contributed by atoms with Crippen molar-refractivity contribution in [3.05, 3.63) is 106 Å². The van der Waals surface area contributed by atoms with Gasteiger partial charge in [0, 0.05) is 16.1 Å². The van der Waals surface area contributed by atoms with Crippen LogP contribution in [0, 0.1) is 13.8 Å². The van der Waals surface area contributed by atoms with Crippen molar-refractivity contribution < 1.29 is 24.2 Å². The van der Waals surface area contributed by atoms with Gasteiger partial charge >= 0.3 is 0 Å². The van der Waals surface area contributed by atoms with Gasteiger partial charge in [0.05, 0.1) is 11.6 Å². The Balaban J connectivity index is 1.68. The van der Waals surface area contributed by atoms with E-state index >= 15 is 0 Å². The molecule has 170 valence electrons. The summed E-state index contributed by atoms with van der Waals surface area (Å²) >= 11 is 6.06. The molecule has 1 aliphatic heterocycles. The Morgan fingerprint density at radius 2 is 1.71 bits per heavy atom. The molecule has 0 spiro atoms. The Labute approximate surface area is 200 Å². The minimum atomic E-state index is -0.919. The summed E-state index contributed by atoms with van der Waals surface area (Å²) in [5.74, 6) is -1.90. The number of phenolic OH excluding ortho intramolecular Hbond substituents is 1. The third-order valence-corrected chi connectivity index (χ3v) is 6.22. The lowest BCUT2D eigenvalue weighted by Crippen LogP contribution is -2.31. The highest BCUT2D eigenvalue weighted by Gasteiger charge is 2.45. The molecule has 7 heteroatoms. The number of phenols is 1. The summed E-state index contributed by atoms with van der Waals surface area (Å²) in [5, 5.41) is 21.9. The monoisotopic (exact) mass is 473 g/mol. The van der Waals surface area contributed by atoms with Crippen LogP contribution in [-0.4, -0.2) is 21.9 Å². The molecule has 0 fully saturated rings. The van der Waals surface area contributed by atoms with Crippen LogP contribution in [0.3, 0.4) is 0 Å². The van der Waals surface area contributed by atoms with Gasteiger partial charge in [0.2, 0.25) is 5.78 Å². The van der Waals surface area contributed by atoms with Crippen molar-refractivity contribution in [1.29, 1.82) is 0 Å². The van der Waals surface area contributed by atoms with Crippen molar-refractivity contribution in [2.45, 2.75) is 19.9 Å².